The maximum absolute atomic E-state index is 5.94. The van der Waals surface area contributed by atoms with Crippen molar-refractivity contribution < 1.29 is 0 Å². The van der Waals surface area contributed by atoms with E-state index in [9.17, 15) is 0 Å². The highest BCUT2D eigenvalue weighted by molar-refractivity contribution is 6.31. The van der Waals surface area contributed by atoms with E-state index in [-0.39, 0.29) is 0 Å². The van der Waals surface area contributed by atoms with E-state index in [1.807, 2.05) is 25.3 Å². The molecule has 0 spiro atoms. The molecule has 2 unspecified atom stereocenters. The van der Waals surface area contributed by atoms with E-state index in [1.54, 1.807) is 6.08 Å². The molecule has 2 heteroatoms. The highest BCUT2D eigenvalue weighted by Gasteiger charge is 2.21. The van der Waals surface area contributed by atoms with Gasteiger partial charge < -0.3 is 5.32 Å². The zero-order chi connectivity index (χ0) is 12.7. The molecule has 0 aromatic rings. The molecule has 92 valence electrons. The Morgan fingerprint density at radius 3 is 3.00 bits per heavy atom. The molecule has 0 aromatic heterocycles. The van der Waals surface area contributed by atoms with Crippen molar-refractivity contribution in [3.63, 3.8) is 0 Å². The van der Waals surface area contributed by atoms with Crippen molar-refractivity contribution >= 4 is 11.6 Å². The molecule has 0 amide bonds. The van der Waals surface area contributed by atoms with E-state index in [2.05, 4.69) is 30.6 Å². The SMILES string of the molecule is C=C/C=C\C(=C)C(CNC)C1C=CC(Cl)=CC1. The Morgan fingerprint density at radius 2 is 2.47 bits per heavy atom. The van der Waals surface area contributed by atoms with Gasteiger partial charge in [-0.25, -0.2) is 0 Å². The first-order valence-electron chi connectivity index (χ1n) is 5.85. The van der Waals surface area contributed by atoms with Crippen molar-refractivity contribution in [3.05, 3.63) is 60.2 Å². The summed E-state index contributed by atoms with van der Waals surface area (Å²) in [6, 6.07) is 0. The molecule has 1 nitrogen and oxygen atoms in total. The van der Waals surface area contributed by atoms with Gasteiger partial charge in [0.25, 0.3) is 0 Å². The minimum atomic E-state index is 0.397. The molecule has 0 bridgehead atoms. The summed E-state index contributed by atoms with van der Waals surface area (Å²) in [6.45, 7) is 8.74. The number of hydrogen-bond donors (Lipinski definition) is 1. The Bertz CT molecular complexity index is 363. The number of hydrogen-bond acceptors (Lipinski definition) is 1. The van der Waals surface area contributed by atoms with Gasteiger partial charge >= 0.3 is 0 Å². The van der Waals surface area contributed by atoms with Gasteiger partial charge in [0.05, 0.1) is 0 Å². The van der Waals surface area contributed by atoms with Crippen LogP contribution in [0.5, 0.6) is 0 Å². The Labute approximate surface area is 109 Å². The van der Waals surface area contributed by atoms with Crippen LogP contribution in [0, 0.1) is 11.8 Å². The highest BCUT2D eigenvalue weighted by Crippen LogP contribution is 2.29. The molecule has 0 saturated heterocycles. The third-order valence-electron chi connectivity index (χ3n) is 2.95. The van der Waals surface area contributed by atoms with Crippen LogP contribution < -0.4 is 5.32 Å². The molecule has 0 fully saturated rings. The van der Waals surface area contributed by atoms with Crippen molar-refractivity contribution in [3.8, 4) is 0 Å². The first-order valence-corrected chi connectivity index (χ1v) is 6.23. The average Bonchev–Trinajstić information content (AvgIpc) is 2.34. The second-order valence-corrected chi connectivity index (χ2v) is 4.62. The summed E-state index contributed by atoms with van der Waals surface area (Å²) in [5.41, 5.74) is 1.13. The second-order valence-electron chi connectivity index (χ2n) is 4.18. The molecular formula is C15H20ClN. The van der Waals surface area contributed by atoms with E-state index >= 15 is 0 Å². The largest absolute Gasteiger partial charge is 0.319 e. The normalized spacial score (nSPS) is 21.3. The first kappa shape index (κ1) is 14.0. The van der Waals surface area contributed by atoms with Gasteiger partial charge in [-0.15, -0.1) is 0 Å². The van der Waals surface area contributed by atoms with Gasteiger partial charge in [0.2, 0.25) is 0 Å². The molecule has 17 heavy (non-hydrogen) atoms. The fraction of sp³-hybridized carbons (Fsp3) is 0.333. The number of nitrogens with one attached hydrogen (secondary N) is 1. The lowest BCUT2D eigenvalue weighted by atomic mass is 9.82. The zero-order valence-corrected chi connectivity index (χ0v) is 11.1. The van der Waals surface area contributed by atoms with Gasteiger partial charge in [-0.2, -0.15) is 0 Å². The number of rotatable bonds is 6. The summed E-state index contributed by atoms with van der Waals surface area (Å²) < 4.78 is 0. The second kappa shape index (κ2) is 7.31. The standard InChI is InChI=1S/C15H20ClN/c1-4-5-6-12(2)15(11-17-3)13-7-9-14(16)10-8-13/h4-7,9-10,13,15,17H,1-2,8,11H2,3H3/b6-5-. The van der Waals surface area contributed by atoms with Gasteiger partial charge in [-0.1, -0.05) is 60.7 Å². The predicted molar refractivity (Wildman–Crippen MR) is 77.1 cm³/mol. The third kappa shape index (κ3) is 4.37. The van der Waals surface area contributed by atoms with E-state index in [0.717, 1.165) is 23.6 Å². The van der Waals surface area contributed by atoms with Crippen LogP contribution in [0.25, 0.3) is 0 Å². The van der Waals surface area contributed by atoms with E-state index in [4.69, 9.17) is 11.6 Å². The topological polar surface area (TPSA) is 12.0 Å². The minimum absolute atomic E-state index is 0.397. The molecule has 0 saturated carbocycles. The summed E-state index contributed by atoms with van der Waals surface area (Å²) in [6.07, 6.45) is 12.9. The molecule has 0 aliphatic heterocycles. The van der Waals surface area contributed by atoms with Crippen LogP contribution in [0.3, 0.4) is 0 Å². The molecule has 1 aliphatic rings. The van der Waals surface area contributed by atoms with Crippen LogP contribution in [0.1, 0.15) is 6.42 Å². The summed E-state index contributed by atoms with van der Waals surface area (Å²) in [4.78, 5) is 0. The Hall–Kier alpha value is -1.05. The average molecular weight is 250 g/mol. The van der Waals surface area contributed by atoms with Gasteiger partial charge in [0.1, 0.15) is 0 Å². The summed E-state index contributed by atoms with van der Waals surface area (Å²) >= 11 is 5.94. The van der Waals surface area contributed by atoms with Crippen molar-refractivity contribution in [2.45, 2.75) is 6.42 Å². The van der Waals surface area contributed by atoms with Crippen LogP contribution in [-0.2, 0) is 0 Å². The Morgan fingerprint density at radius 1 is 1.71 bits per heavy atom. The molecule has 0 radical (unpaired) electrons. The highest BCUT2D eigenvalue weighted by atomic mass is 35.5. The predicted octanol–water partition coefficient (Wildman–Crippen LogP) is 3.82. The van der Waals surface area contributed by atoms with Crippen molar-refractivity contribution in [1.82, 2.24) is 5.32 Å². The van der Waals surface area contributed by atoms with Gasteiger partial charge in [0, 0.05) is 17.5 Å². The minimum Gasteiger partial charge on any atom is -0.319 e. The van der Waals surface area contributed by atoms with Crippen LogP contribution in [0.4, 0.5) is 0 Å². The Kier molecular flexibility index (Phi) is 6.03. The lowest BCUT2D eigenvalue weighted by Crippen LogP contribution is -2.26. The maximum atomic E-state index is 5.94. The molecule has 2 atom stereocenters. The third-order valence-corrected chi connectivity index (χ3v) is 3.23. The van der Waals surface area contributed by atoms with E-state index < -0.39 is 0 Å². The van der Waals surface area contributed by atoms with Crippen molar-refractivity contribution in [2.75, 3.05) is 13.6 Å². The van der Waals surface area contributed by atoms with Crippen LogP contribution in [-0.4, -0.2) is 13.6 Å². The van der Waals surface area contributed by atoms with Crippen LogP contribution >= 0.6 is 11.6 Å². The first-order chi connectivity index (χ1) is 8.19. The molecule has 0 heterocycles. The lowest BCUT2D eigenvalue weighted by Gasteiger charge is -2.26. The lowest BCUT2D eigenvalue weighted by molar-refractivity contribution is 0.443. The maximum Gasteiger partial charge on any atom is 0.0363 e. The Balaban J connectivity index is 2.72. The molecule has 0 aromatic carbocycles. The van der Waals surface area contributed by atoms with E-state index in [0.29, 0.717) is 11.8 Å². The van der Waals surface area contributed by atoms with E-state index in [1.165, 1.54) is 0 Å². The molecule has 1 aliphatic carbocycles. The number of halogens is 1. The fourth-order valence-electron chi connectivity index (χ4n) is 2.00. The van der Waals surface area contributed by atoms with Gasteiger partial charge in [-0.3, -0.25) is 0 Å². The van der Waals surface area contributed by atoms with Crippen molar-refractivity contribution in [1.29, 1.82) is 0 Å². The quantitative estimate of drug-likeness (QED) is 0.706. The molecule has 1 rings (SSSR count). The molecule has 1 N–H and O–H groups in total. The fourth-order valence-corrected chi connectivity index (χ4v) is 2.16. The summed E-state index contributed by atoms with van der Waals surface area (Å²) in [7, 11) is 1.97. The number of allylic oxidation sites excluding steroid dienone is 7. The smallest absolute Gasteiger partial charge is 0.0363 e. The van der Waals surface area contributed by atoms with Gasteiger partial charge in [0.15, 0.2) is 0 Å². The zero-order valence-electron chi connectivity index (χ0n) is 10.3. The van der Waals surface area contributed by atoms with Crippen LogP contribution in [0.15, 0.2) is 60.2 Å². The molecular weight excluding hydrogens is 230 g/mol. The van der Waals surface area contributed by atoms with Gasteiger partial charge in [-0.05, 0) is 25.5 Å². The summed E-state index contributed by atoms with van der Waals surface area (Å²) in [5.74, 6) is 0.861. The summed E-state index contributed by atoms with van der Waals surface area (Å²) in [5, 5.41) is 4.06. The van der Waals surface area contributed by atoms with Crippen LogP contribution in [0.2, 0.25) is 0 Å². The van der Waals surface area contributed by atoms with Crippen molar-refractivity contribution in [2.24, 2.45) is 11.8 Å². The monoisotopic (exact) mass is 249 g/mol.